The number of halogens is 1. The number of nitrogens with one attached hydrogen (secondary N) is 1. The number of amides is 2. The first-order chi connectivity index (χ1) is 14.0. The van der Waals surface area contributed by atoms with Gasteiger partial charge in [0.25, 0.3) is 0 Å². The summed E-state index contributed by atoms with van der Waals surface area (Å²) >= 11 is 1.73. The molecule has 1 saturated heterocycles. The van der Waals surface area contributed by atoms with Crippen molar-refractivity contribution < 1.29 is 18.7 Å². The molecule has 29 heavy (non-hydrogen) atoms. The Morgan fingerprint density at radius 2 is 2.21 bits per heavy atom. The molecule has 0 bridgehead atoms. The maximum Gasteiger partial charge on any atom is 0.237 e. The molecule has 8 heteroatoms. The molecule has 1 unspecified atom stereocenters. The minimum absolute atomic E-state index is 0.0379. The Labute approximate surface area is 173 Å². The van der Waals surface area contributed by atoms with Crippen molar-refractivity contribution in [2.75, 3.05) is 26.7 Å². The summed E-state index contributed by atoms with van der Waals surface area (Å²) in [6.07, 6.45) is 0.958. The number of ether oxygens (including phenoxy) is 1. The first-order valence-corrected chi connectivity index (χ1v) is 10.6. The molecular weight excluding hydrogens is 393 g/mol. The van der Waals surface area contributed by atoms with E-state index in [0.29, 0.717) is 37.5 Å². The van der Waals surface area contributed by atoms with Crippen LogP contribution in [0, 0.1) is 5.82 Å². The molecule has 0 saturated carbocycles. The van der Waals surface area contributed by atoms with Gasteiger partial charge in [-0.25, -0.2) is 4.39 Å². The highest BCUT2D eigenvalue weighted by Gasteiger charge is 2.34. The van der Waals surface area contributed by atoms with Crippen LogP contribution in [0.2, 0.25) is 0 Å². The molecule has 3 heterocycles. The predicted molar refractivity (Wildman–Crippen MR) is 108 cm³/mol. The molecule has 1 aromatic heterocycles. The van der Waals surface area contributed by atoms with Crippen LogP contribution in [0.25, 0.3) is 0 Å². The molecule has 154 valence electrons. The number of methoxy groups -OCH3 is 1. The monoisotopic (exact) mass is 417 g/mol. The third kappa shape index (κ3) is 4.28. The van der Waals surface area contributed by atoms with Gasteiger partial charge in [-0.1, -0.05) is 6.07 Å². The second-order valence-electron chi connectivity index (χ2n) is 7.37. The van der Waals surface area contributed by atoms with Crippen molar-refractivity contribution in [3.05, 3.63) is 51.5 Å². The van der Waals surface area contributed by atoms with Gasteiger partial charge in [0.2, 0.25) is 11.8 Å². The van der Waals surface area contributed by atoms with Gasteiger partial charge in [0.1, 0.15) is 11.6 Å². The summed E-state index contributed by atoms with van der Waals surface area (Å²) in [6.45, 7) is 2.61. The highest BCUT2D eigenvalue weighted by Crippen LogP contribution is 2.25. The second kappa shape index (κ2) is 8.51. The van der Waals surface area contributed by atoms with E-state index >= 15 is 0 Å². The van der Waals surface area contributed by atoms with Crippen molar-refractivity contribution >= 4 is 23.2 Å². The summed E-state index contributed by atoms with van der Waals surface area (Å²) in [5, 5.41) is 4.89. The van der Waals surface area contributed by atoms with Crippen LogP contribution in [0.3, 0.4) is 0 Å². The molecule has 2 amide bonds. The normalized spacial score (nSPS) is 19.6. The van der Waals surface area contributed by atoms with Crippen molar-refractivity contribution in [1.82, 2.24) is 15.1 Å². The van der Waals surface area contributed by atoms with Crippen LogP contribution in [-0.2, 0) is 29.1 Å². The number of carbonyl (C=O) groups excluding carboxylic acids is 2. The van der Waals surface area contributed by atoms with Crippen molar-refractivity contribution in [3.63, 3.8) is 0 Å². The number of carbonyl (C=O) groups is 2. The van der Waals surface area contributed by atoms with Crippen molar-refractivity contribution in [3.8, 4) is 5.75 Å². The first kappa shape index (κ1) is 19.8. The zero-order chi connectivity index (χ0) is 20.4. The average Bonchev–Trinajstić information content (AvgIpc) is 3.19. The summed E-state index contributed by atoms with van der Waals surface area (Å²) in [4.78, 5) is 30.5. The average molecular weight is 418 g/mol. The molecule has 1 N–H and O–H groups in total. The summed E-state index contributed by atoms with van der Waals surface area (Å²) in [5.41, 5.74) is 1.68. The molecule has 6 nitrogen and oxygen atoms in total. The van der Waals surface area contributed by atoms with E-state index in [-0.39, 0.29) is 30.6 Å². The third-order valence-electron chi connectivity index (χ3n) is 5.60. The Bertz CT molecular complexity index is 916. The van der Waals surface area contributed by atoms with Gasteiger partial charge in [-0.2, -0.15) is 0 Å². The van der Waals surface area contributed by atoms with Crippen molar-refractivity contribution in [2.45, 2.75) is 32.0 Å². The van der Waals surface area contributed by atoms with E-state index in [1.54, 1.807) is 23.5 Å². The lowest BCUT2D eigenvalue weighted by atomic mass is 10.0. The number of hydrogen-bond donors (Lipinski definition) is 1. The Balaban J connectivity index is 1.45. The lowest BCUT2D eigenvalue weighted by Gasteiger charge is -2.36. The van der Waals surface area contributed by atoms with Gasteiger partial charge in [-0.15, -0.1) is 11.3 Å². The number of piperazine rings is 1. The number of benzene rings is 1. The minimum atomic E-state index is -0.596. The Morgan fingerprint density at radius 3 is 3.00 bits per heavy atom. The fourth-order valence-electron chi connectivity index (χ4n) is 3.93. The van der Waals surface area contributed by atoms with Gasteiger partial charge in [0, 0.05) is 49.2 Å². The molecule has 2 aliphatic heterocycles. The molecule has 2 aliphatic rings. The van der Waals surface area contributed by atoms with E-state index < -0.39 is 6.04 Å². The SMILES string of the molecule is COc1ccc(CN2CCNC(=O)C2CC(=O)N2CCc3sccc3C2)c(F)c1. The molecule has 0 spiro atoms. The highest BCUT2D eigenvalue weighted by molar-refractivity contribution is 7.10. The lowest BCUT2D eigenvalue weighted by Crippen LogP contribution is -2.56. The van der Waals surface area contributed by atoms with E-state index in [9.17, 15) is 14.0 Å². The van der Waals surface area contributed by atoms with Crippen LogP contribution < -0.4 is 10.1 Å². The van der Waals surface area contributed by atoms with E-state index in [1.807, 2.05) is 9.80 Å². The van der Waals surface area contributed by atoms with Gasteiger partial charge in [0.15, 0.2) is 0 Å². The number of nitrogens with zero attached hydrogens (tertiary/aromatic N) is 2. The molecule has 1 aromatic carbocycles. The summed E-state index contributed by atoms with van der Waals surface area (Å²) < 4.78 is 19.4. The van der Waals surface area contributed by atoms with Crippen molar-refractivity contribution in [1.29, 1.82) is 0 Å². The number of thiophene rings is 1. The highest BCUT2D eigenvalue weighted by atomic mass is 32.1. The predicted octanol–water partition coefficient (Wildman–Crippen LogP) is 2.17. The number of hydrogen-bond acceptors (Lipinski definition) is 5. The standard InChI is InChI=1S/C21H24FN3O3S/c1-28-16-3-2-14(17(22)10-16)12-24-8-6-23-21(27)18(24)11-20(26)25-7-4-19-15(13-25)5-9-29-19/h2-3,5,9-10,18H,4,6-8,11-13H2,1H3,(H,23,27). The van der Waals surface area contributed by atoms with Crippen LogP contribution in [-0.4, -0.2) is 54.4 Å². The number of fused-ring (bicyclic) bond motifs is 1. The quantitative estimate of drug-likeness (QED) is 0.810. The van der Waals surface area contributed by atoms with Crippen LogP contribution in [0.15, 0.2) is 29.6 Å². The van der Waals surface area contributed by atoms with E-state index in [2.05, 4.69) is 16.8 Å². The zero-order valence-corrected chi connectivity index (χ0v) is 17.1. The van der Waals surface area contributed by atoms with Gasteiger partial charge < -0.3 is 15.0 Å². The fourth-order valence-corrected chi connectivity index (χ4v) is 4.82. The smallest absolute Gasteiger partial charge is 0.237 e. The Hall–Kier alpha value is -2.45. The molecule has 1 atom stereocenters. The Morgan fingerprint density at radius 1 is 1.34 bits per heavy atom. The van der Waals surface area contributed by atoms with Crippen LogP contribution >= 0.6 is 11.3 Å². The topological polar surface area (TPSA) is 61.9 Å². The third-order valence-corrected chi connectivity index (χ3v) is 6.63. The summed E-state index contributed by atoms with van der Waals surface area (Å²) in [6, 6.07) is 6.18. The molecule has 1 fully saturated rings. The largest absolute Gasteiger partial charge is 0.497 e. The molecule has 2 aromatic rings. The van der Waals surface area contributed by atoms with E-state index in [1.165, 1.54) is 23.6 Å². The summed E-state index contributed by atoms with van der Waals surface area (Å²) in [7, 11) is 1.49. The summed E-state index contributed by atoms with van der Waals surface area (Å²) in [5.74, 6) is -0.135. The minimum Gasteiger partial charge on any atom is -0.497 e. The first-order valence-electron chi connectivity index (χ1n) is 9.72. The zero-order valence-electron chi connectivity index (χ0n) is 16.3. The molecular formula is C21H24FN3O3S. The van der Waals surface area contributed by atoms with Crippen LogP contribution in [0.1, 0.15) is 22.4 Å². The maximum absolute atomic E-state index is 14.4. The second-order valence-corrected chi connectivity index (χ2v) is 8.37. The van der Waals surface area contributed by atoms with E-state index in [4.69, 9.17) is 4.74 Å². The van der Waals surface area contributed by atoms with Gasteiger partial charge >= 0.3 is 0 Å². The molecule has 4 rings (SSSR count). The molecule has 0 radical (unpaired) electrons. The van der Waals surface area contributed by atoms with Crippen molar-refractivity contribution in [2.24, 2.45) is 0 Å². The van der Waals surface area contributed by atoms with Crippen LogP contribution in [0.4, 0.5) is 4.39 Å². The molecule has 0 aliphatic carbocycles. The van der Waals surface area contributed by atoms with Gasteiger partial charge in [0.05, 0.1) is 19.6 Å². The Kier molecular flexibility index (Phi) is 5.82. The van der Waals surface area contributed by atoms with Crippen LogP contribution in [0.5, 0.6) is 5.75 Å². The van der Waals surface area contributed by atoms with Gasteiger partial charge in [-0.3, -0.25) is 14.5 Å². The maximum atomic E-state index is 14.4. The fraction of sp³-hybridized carbons (Fsp3) is 0.429. The lowest BCUT2D eigenvalue weighted by molar-refractivity contribution is -0.139. The van der Waals surface area contributed by atoms with E-state index in [0.717, 1.165) is 6.42 Å². The number of rotatable bonds is 5. The van der Waals surface area contributed by atoms with Gasteiger partial charge in [-0.05, 0) is 29.5 Å².